The van der Waals surface area contributed by atoms with Crippen LogP contribution in [0, 0.1) is 11.8 Å². The molecule has 0 bridgehead atoms. The fourth-order valence-electron chi connectivity index (χ4n) is 1.08. The van der Waals surface area contributed by atoms with Crippen LogP contribution in [0.5, 0.6) is 0 Å². The lowest BCUT2D eigenvalue weighted by Crippen LogP contribution is -2.26. The first-order valence-electron chi connectivity index (χ1n) is 3.94. The fourth-order valence-corrected chi connectivity index (χ4v) is 1.08. The van der Waals surface area contributed by atoms with Gasteiger partial charge in [-0.1, -0.05) is 13.8 Å². The lowest BCUT2D eigenvalue weighted by Gasteiger charge is -2.12. The summed E-state index contributed by atoms with van der Waals surface area (Å²) in [5.41, 5.74) is 5.03. The van der Waals surface area contributed by atoms with Crippen LogP contribution in [-0.2, 0) is 9.59 Å². The average molecular weight is 173 g/mol. The SMILES string of the molecule is CC(C)C[C@H](CC(=O)O)C(N)=O. The third-order valence-corrected chi connectivity index (χ3v) is 1.58. The van der Waals surface area contributed by atoms with E-state index in [0.29, 0.717) is 12.3 Å². The van der Waals surface area contributed by atoms with Gasteiger partial charge in [0.1, 0.15) is 0 Å². The van der Waals surface area contributed by atoms with Crippen LogP contribution in [0.2, 0.25) is 0 Å². The van der Waals surface area contributed by atoms with Crippen molar-refractivity contribution in [3.05, 3.63) is 0 Å². The molecule has 0 aromatic heterocycles. The molecule has 0 aromatic rings. The van der Waals surface area contributed by atoms with E-state index in [1.54, 1.807) is 0 Å². The molecule has 0 saturated heterocycles. The number of carboxylic acids is 1. The first-order valence-corrected chi connectivity index (χ1v) is 3.94. The number of carbonyl (C=O) groups excluding carboxylic acids is 1. The van der Waals surface area contributed by atoms with Crippen LogP contribution in [0.4, 0.5) is 0 Å². The normalized spacial score (nSPS) is 12.9. The van der Waals surface area contributed by atoms with E-state index in [-0.39, 0.29) is 6.42 Å². The van der Waals surface area contributed by atoms with Crippen molar-refractivity contribution in [2.24, 2.45) is 17.6 Å². The van der Waals surface area contributed by atoms with Crippen LogP contribution in [0.1, 0.15) is 26.7 Å². The molecule has 0 rings (SSSR count). The van der Waals surface area contributed by atoms with E-state index < -0.39 is 17.8 Å². The zero-order chi connectivity index (χ0) is 9.72. The minimum Gasteiger partial charge on any atom is -0.481 e. The summed E-state index contributed by atoms with van der Waals surface area (Å²) in [6, 6.07) is 0. The molecule has 0 fully saturated rings. The molecule has 0 unspecified atom stereocenters. The van der Waals surface area contributed by atoms with Crippen LogP contribution in [0.15, 0.2) is 0 Å². The molecule has 0 spiro atoms. The quantitative estimate of drug-likeness (QED) is 0.639. The molecule has 0 heterocycles. The number of carbonyl (C=O) groups is 2. The molecule has 0 aliphatic carbocycles. The van der Waals surface area contributed by atoms with Gasteiger partial charge in [0, 0.05) is 5.92 Å². The fraction of sp³-hybridized carbons (Fsp3) is 0.750. The first kappa shape index (κ1) is 10.9. The van der Waals surface area contributed by atoms with Gasteiger partial charge in [0.25, 0.3) is 0 Å². The number of amides is 1. The van der Waals surface area contributed by atoms with E-state index >= 15 is 0 Å². The van der Waals surface area contributed by atoms with E-state index in [2.05, 4.69) is 0 Å². The Morgan fingerprint density at radius 1 is 1.42 bits per heavy atom. The van der Waals surface area contributed by atoms with Crippen molar-refractivity contribution >= 4 is 11.9 Å². The maximum absolute atomic E-state index is 10.7. The first-order chi connectivity index (χ1) is 5.43. The van der Waals surface area contributed by atoms with Gasteiger partial charge in [-0.25, -0.2) is 0 Å². The molecule has 0 aliphatic heterocycles. The predicted octanol–water partition coefficient (Wildman–Crippen LogP) is 0.609. The zero-order valence-electron chi connectivity index (χ0n) is 7.41. The zero-order valence-corrected chi connectivity index (χ0v) is 7.41. The second-order valence-corrected chi connectivity index (χ2v) is 3.33. The summed E-state index contributed by atoms with van der Waals surface area (Å²) in [5.74, 6) is -1.73. The van der Waals surface area contributed by atoms with E-state index in [9.17, 15) is 9.59 Å². The molecule has 1 amide bonds. The Balaban J connectivity index is 4.04. The number of rotatable bonds is 5. The molecule has 0 aromatic carbocycles. The van der Waals surface area contributed by atoms with E-state index in [1.807, 2.05) is 13.8 Å². The lowest BCUT2D eigenvalue weighted by molar-refractivity contribution is -0.140. The summed E-state index contributed by atoms with van der Waals surface area (Å²) in [7, 11) is 0. The van der Waals surface area contributed by atoms with Gasteiger partial charge in [-0.2, -0.15) is 0 Å². The summed E-state index contributed by atoms with van der Waals surface area (Å²) in [5, 5.41) is 8.44. The summed E-state index contributed by atoms with van der Waals surface area (Å²) in [6.45, 7) is 3.86. The van der Waals surface area contributed by atoms with Crippen molar-refractivity contribution in [2.75, 3.05) is 0 Å². The molecular weight excluding hydrogens is 158 g/mol. The van der Waals surface area contributed by atoms with Crippen LogP contribution in [0.25, 0.3) is 0 Å². The average Bonchev–Trinajstić information content (AvgIpc) is 1.83. The molecule has 12 heavy (non-hydrogen) atoms. The minimum atomic E-state index is -0.973. The molecule has 4 nitrogen and oxygen atoms in total. The molecule has 0 saturated carbocycles. The van der Waals surface area contributed by atoms with Crippen molar-refractivity contribution in [3.63, 3.8) is 0 Å². The van der Waals surface area contributed by atoms with Gasteiger partial charge in [-0.05, 0) is 12.3 Å². The van der Waals surface area contributed by atoms with Crippen molar-refractivity contribution in [2.45, 2.75) is 26.7 Å². The topological polar surface area (TPSA) is 80.4 Å². The van der Waals surface area contributed by atoms with Gasteiger partial charge in [-0.15, -0.1) is 0 Å². The van der Waals surface area contributed by atoms with Crippen molar-refractivity contribution in [1.82, 2.24) is 0 Å². The summed E-state index contributed by atoms with van der Waals surface area (Å²) >= 11 is 0. The Morgan fingerprint density at radius 2 is 1.92 bits per heavy atom. The highest BCUT2D eigenvalue weighted by Gasteiger charge is 2.19. The largest absolute Gasteiger partial charge is 0.481 e. The van der Waals surface area contributed by atoms with E-state index in [1.165, 1.54) is 0 Å². The highest BCUT2D eigenvalue weighted by molar-refractivity contribution is 5.81. The van der Waals surface area contributed by atoms with Crippen molar-refractivity contribution in [3.8, 4) is 0 Å². The second-order valence-electron chi connectivity index (χ2n) is 3.33. The van der Waals surface area contributed by atoms with Crippen molar-refractivity contribution in [1.29, 1.82) is 0 Å². The number of aliphatic carboxylic acids is 1. The maximum Gasteiger partial charge on any atom is 0.304 e. The number of hydrogen-bond donors (Lipinski definition) is 2. The lowest BCUT2D eigenvalue weighted by atomic mass is 9.94. The molecule has 70 valence electrons. The van der Waals surface area contributed by atoms with Gasteiger partial charge in [0.15, 0.2) is 0 Å². The number of carboxylic acid groups (broad SMARTS) is 1. The Kier molecular flexibility index (Phi) is 4.33. The number of primary amides is 1. The van der Waals surface area contributed by atoms with Gasteiger partial charge in [0.2, 0.25) is 5.91 Å². The molecule has 1 atom stereocenters. The smallest absolute Gasteiger partial charge is 0.304 e. The molecule has 0 aliphatic rings. The van der Waals surface area contributed by atoms with Gasteiger partial charge >= 0.3 is 5.97 Å². The van der Waals surface area contributed by atoms with Crippen LogP contribution in [-0.4, -0.2) is 17.0 Å². The highest BCUT2D eigenvalue weighted by Crippen LogP contribution is 2.14. The van der Waals surface area contributed by atoms with Gasteiger partial charge in [0.05, 0.1) is 6.42 Å². The number of nitrogens with two attached hydrogens (primary N) is 1. The van der Waals surface area contributed by atoms with Crippen molar-refractivity contribution < 1.29 is 14.7 Å². The Hall–Kier alpha value is -1.06. The van der Waals surface area contributed by atoms with E-state index in [4.69, 9.17) is 10.8 Å². The van der Waals surface area contributed by atoms with Gasteiger partial charge < -0.3 is 10.8 Å². The van der Waals surface area contributed by atoms with E-state index in [0.717, 1.165) is 0 Å². The Morgan fingerprint density at radius 3 is 2.17 bits per heavy atom. The maximum atomic E-state index is 10.7. The predicted molar refractivity (Wildman–Crippen MR) is 44.4 cm³/mol. The monoisotopic (exact) mass is 173 g/mol. The number of hydrogen-bond acceptors (Lipinski definition) is 2. The Bertz CT molecular complexity index is 177. The van der Waals surface area contributed by atoms with Crippen LogP contribution < -0.4 is 5.73 Å². The van der Waals surface area contributed by atoms with Gasteiger partial charge in [-0.3, -0.25) is 9.59 Å². The highest BCUT2D eigenvalue weighted by atomic mass is 16.4. The molecule has 0 radical (unpaired) electrons. The second kappa shape index (κ2) is 4.74. The third kappa shape index (κ3) is 4.71. The minimum absolute atomic E-state index is 0.159. The Labute approximate surface area is 71.8 Å². The van der Waals surface area contributed by atoms with Crippen LogP contribution in [0.3, 0.4) is 0 Å². The summed E-state index contributed by atoms with van der Waals surface area (Å²) in [6.07, 6.45) is 0.384. The molecular formula is C8H15NO3. The summed E-state index contributed by atoms with van der Waals surface area (Å²) in [4.78, 5) is 21.0. The standard InChI is InChI=1S/C8H15NO3/c1-5(2)3-6(8(9)12)4-7(10)11/h5-6H,3-4H2,1-2H3,(H2,9,12)(H,10,11)/t6-/m1/s1. The molecule has 4 heteroatoms. The third-order valence-electron chi connectivity index (χ3n) is 1.58. The molecule has 3 N–H and O–H groups in total. The summed E-state index contributed by atoms with van der Waals surface area (Å²) < 4.78 is 0. The van der Waals surface area contributed by atoms with Crippen LogP contribution >= 0.6 is 0 Å².